The summed E-state index contributed by atoms with van der Waals surface area (Å²) in [6.45, 7) is 0. The van der Waals surface area contributed by atoms with E-state index in [4.69, 9.17) is 0 Å². The lowest BCUT2D eigenvalue weighted by molar-refractivity contribution is -0.138. The molecule has 0 aromatic heterocycles. The Bertz CT molecular complexity index is 801. The first-order chi connectivity index (χ1) is 11.5. The Labute approximate surface area is 138 Å². The van der Waals surface area contributed by atoms with Crippen molar-refractivity contribution in [3.8, 4) is 0 Å². The first-order valence-electron chi connectivity index (χ1n) is 6.78. The topological polar surface area (TPSA) is 37.3 Å². The van der Waals surface area contributed by atoms with E-state index in [-0.39, 0.29) is 11.1 Å². The van der Waals surface area contributed by atoms with Gasteiger partial charge in [-0.1, -0.05) is 24.3 Å². The van der Waals surface area contributed by atoms with Gasteiger partial charge in [-0.05, 0) is 41.5 Å². The second-order valence-electron chi connectivity index (χ2n) is 5.06. The van der Waals surface area contributed by atoms with Gasteiger partial charge in [0.1, 0.15) is 0 Å². The summed E-state index contributed by atoms with van der Waals surface area (Å²) in [7, 11) is 0. The first kappa shape index (κ1) is 18.6. The van der Waals surface area contributed by atoms with Crippen LogP contribution in [0.3, 0.4) is 0 Å². The summed E-state index contributed by atoms with van der Waals surface area (Å²) in [4.78, 5) is 11.4. The van der Waals surface area contributed by atoms with Crippen LogP contribution >= 0.6 is 0 Å². The molecule has 2 aromatic rings. The lowest BCUT2D eigenvalue weighted by Gasteiger charge is -2.09. The molecule has 0 aliphatic heterocycles. The maximum atomic E-state index is 12.7. The highest BCUT2D eigenvalue weighted by atomic mass is 19.4. The lowest BCUT2D eigenvalue weighted by atomic mass is 10.0. The van der Waals surface area contributed by atoms with Crippen molar-refractivity contribution >= 4 is 17.6 Å². The maximum absolute atomic E-state index is 12.7. The molecule has 1 N–H and O–H groups in total. The van der Waals surface area contributed by atoms with Crippen molar-refractivity contribution in [2.24, 2.45) is 0 Å². The van der Waals surface area contributed by atoms with Gasteiger partial charge in [-0.15, -0.1) is 0 Å². The number of alkyl halides is 6. The summed E-state index contributed by atoms with van der Waals surface area (Å²) >= 11 is 0. The van der Waals surface area contributed by atoms with E-state index < -0.39 is 35.0 Å². The smallest absolute Gasteiger partial charge is 0.416 e. The van der Waals surface area contributed by atoms with E-state index >= 15 is 0 Å². The van der Waals surface area contributed by atoms with Gasteiger partial charge in [0.05, 0.1) is 16.7 Å². The van der Waals surface area contributed by atoms with E-state index in [1.165, 1.54) is 6.07 Å². The fourth-order valence-electron chi connectivity index (χ4n) is 2.08. The van der Waals surface area contributed by atoms with Gasteiger partial charge in [0.15, 0.2) is 0 Å². The molecule has 0 spiro atoms. The number of rotatable bonds is 3. The van der Waals surface area contributed by atoms with E-state index in [2.05, 4.69) is 0 Å². The average molecular weight is 360 g/mol. The normalized spacial score (nSPS) is 13.0. The minimum absolute atomic E-state index is 0.0351. The third-order valence-electron chi connectivity index (χ3n) is 3.28. The molecule has 2 rings (SSSR count). The molecule has 0 saturated carbocycles. The predicted molar refractivity (Wildman–Crippen MR) is 78.4 cm³/mol. The fourth-order valence-corrected chi connectivity index (χ4v) is 2.08. The number of aliphatic carboxylic acids is 1. The Morgan fingerprint density at radius 1 is 0.840 bits per heavy atom. The van der Waals surface area contributed by atoms with Gasteiger partial charge in [-0.3, -0.25) is 0 Å². The summed E-state index contributed by atoms with van der Waals surface area (Å²) < 4.78 is 75.7. The highest BCUT2D eigenvalue weighted by molar-refractivity contribution is 6.20. The summed E-state index contributed by atoms with van der Waals surface area (Å²) in [5.74, 6) is -1.47. The third kappa shape index (κ3) is 4.62. The molecule has 25 heavy (non-hydrogen) atoms. The summed E-state index contributed by atoms with van der Waals surface area (Å²) in [5, 5.41) is 9.23. The van der Waals surface area contributed by atoms with Gasteiger partial charge < -0.3 is 5.11 Å². The molecule has 0 radical (unpaired) electrons. The zero-order chi connectivity index (χ0) is 18.8. The van der Waals surface area contributed by atoms with Crippen molar-refractivity contribution < 1.29 is 36.2 Å². The molecule has 0 heterocycles. The Hall–Kier alpha value is -2.77. The molecule has 0 unspecified atom stereocenters. The molecule has 0 aliphatic carbocycles. The molecule has 0 amide bonds. The molecule has 0 saturated heterocycles. The van der Waals surface area contributed by atoms with Crippen LogP contribution in [0.2, 0.25) is 0 Å². The van der Waals surface area contributed by atoms with Crippen molar-refractivity contribution in [1.29, 1.82) is 0 Å². The van der Waals surface area contributed by atoms with Crippen LogP contribution in [-0.2, 0) is 17.1 Å². The Morgan fingerprint density at radius 3 is 1.88 bits per heavy atom. The van der Waals surface area contributed by atoms with E-state index in [1.54, 1.807) is 0 Å². The van der Waals surface area contributed by atoms with Crippen LogP contribution in [-0.4, -0.2) is 11.1 Å². The highest BCUT2D eigenvalue weighted by Gasteiger charge is 2.31. The van der Waals surface area contributed by atoms with Crippen LogP contribution < -0.4 is 0 Å². The Kier molecular flexibility index (Phi) is 4.92. The van der Waals surface area contributed by atoms with Gasteiger partial charge in [-0.25, -0.2) is 4.79 Å². The second kappa shape index (κ2) is 6.62. The minimum Gasteiger partial charge on any atom is -0.478 e. The van der Waals surface area contributed by atoms with Crippen molar-refractivity contribution in [3.63, 3.8) is 0 Å². The van der Waals surface area contributed by atoms with Crippen LogP contribution in [0.1, 0.15) is 22.3 Å². The SMILES string of the molecule is O=C(O)/C(=C/c1cccc(C(F)(F)F)c1)c1ccc(C(F)(F)F)cc1. The van der Waals surface area contributed by atoms with Crippen molar-refractivity contribution in [1.82, 2.24) is 0 Å². The lowest BCUT2D eigenvalue weighted by Crippen LogP contribution is -2.06. The van der Waals surface area contributed by atoms with Gasteiger partial charge in [0.2, 0.25) is 0 Å². The van der Waals surface area contributed by atoms with E-state index in [1.807, 2.05) is 0 Å². The largest absolute Gasteiger partial charge is 0.478 e. The molecule has 8 heteroatoms. The number of carboxylic acids is 1. The summed E-state index contributed by atoms with van der Waals surface area (Å²) in [6.07, 6.45) is -8.20. The Balaban J connectivity index is 2.45. The quantitative estimate of drug-likeness (QED) is 0.455. The van der Waals surface area contributed by atoms with Crippen molar-refractivity contribution in [2.75, 3.05) is 0 Å². The number of carbonyl (C=O) groups is 1. The number of halogens is 6. The first-order valence-corrected chi connectivity index (χ1v) is 6.78. The zero-order valence-corrected chi connectivity index (χ0v) is 12.3. The summed E-state index contributed by atoms with van der Waals surface area (Å²) in [6, 6.07) is 7.29. The fraction of sp³-hybridized carbons (Fsp3) is 0.118. The van der Waals surface area contributed by atoms with E-state index in [0.717, 1.165) is 36.4 Å². The van der Waals surface area contributed by atoms with Crippen LogP contribution in [0, 0.1) is 0 Å². The van der Waals surface area contributed by atoms with Crippen LogP contribution in [0.5, 0.6) is 0 Å². The number of hydrogen-bond donors (Lipinski definition) is 1. The standard InChI is InChI=1S/C17H10F6O2/c18-16(19,20)12-6-4-11(5-7-12)14(15(24)25)9-10-2-1-3-13(8-10)17(21,22)23/h1-9H,(H,24,25)/b14-9+. The van der Waals surface area contributed by atoms with Crippen LogP contribution in [0.4, 0.5) is 26.3 Å². The van der Waals surface area contributed by atoms with Crippen molar-refractivity contribution in [2.45, 2.75) is 12.4 Å². The molecule has 2 aromatic carbocycles. The average Bonchev–Trinajstić information content (AvgIpc) is 2.51. The molecular formula is C17H10F6O2. The van der Waals surface area contributed by atoms with Gasteiger partial charge in [0.25, 0.3) is 0 Å². The van der Waals surface area contributed by atoms with Gasteiger partial charge in [-0.2, -0.15) is 26.3 Å². The molecule has 0 atom stereocenters. The monoisotopic (exact) mass is 360 g/mol. The van der Waals surface area contributed by atoms with Gasteiger partial charge >= 0.3 is 18.3 Å². The highest BCUT2D eigenvalue weighted by Crippen LogP contribution is 2.32. The number of hydrogen-bond acceptors (Lipinski definition) is 1. The second-order valence-corrected chi connectivity index (χ2v) is 5.06. The van der Waals surface area contributed by atoms with Gasteiger partial charge in [0, 0.05) is 0 Å². The molecule has 2 nitrogen and oxygen atoms in total. The Morgan fingerprint density at radius 2 is 1.40 bits per heavy atom. The number of carboxylic acid groups (broad SMARTS) is 1. The molecule has 0 fully saturated rings. The molecule has 0 aliphatic rings. The van der Waals surface area contributed by atoms with E-state index in [9.17, 15) is 36.2 Å². The molecule has 0 bridgehead atoms. The van der Waals surface area contributed by atoms with Crippen molar-refractivity contribution in [3.05, 3.63) is 70.8 Å². The molecular weight excluding hydrogens is 350 g/mol. The minimum atomic E-state index is -4.60. The van der Waals surface area contributed by atoms with Crippen LogP contribution in [0.25, 0.3) is 11.6 Å². The summed E-state index contributed by atoms with van der Waals surface area (Å²) in [5.41, 5.74) is -2.43. The third-order valence-corrected chi connectivity index (χ3v) is 3.28. The number of benzene rings is 2. The molecule has 132 valence electrons. The predicted octanol–water partition coefficient (Wildman–Crippen LogP) is 5.35. The van der Waals surface area contributed by atoms with Crippen LogP contribution in [0.15, 0.2) is 48.5 Å². The zero-order valence-electron chi connectivity index (χ0n) is 12.3. The maximum Gasteiger partial charge on any atom is 0.416 e. The van der Waals surface area contributed by atoms with E-state index in [0.29, 0.717) is 12.1 Å².